The molecule has 0 spiro atoms. The molecule has 0 amide bonds. The molecule has 2 heterocycles. The molecule has 94 valence electrons. The van der Waals surface area contributed by atoms with Crippen molar-refractivity contribution in [2.24, 2.45) is 0 Å². The van der Waals surface area contributed by atoms with Crippen LogP contribution in [0.1, 0.15) is 12.5 Å². The maximum Gasteiger partial charge on any atom is 0.156 e. The minimum absolute atomic E-state index is 0.205. The first-order valence-electron chi connectivity index (χ1n) is 5.49. The predicted octanol–water partition coefficient (Wildman–Crippen LogP) is 1.78. The van der Waals surface area contributed by atoms with Gasteiger partial charge in [0.05, 0.1) is 15.5 Å². The van der Waals surface area contributed by atoms with Gasteiger partial charge in [-0.3, -0.25) is 0 Å². The highest BCUT2D eigenvalue weighted by atomic mass is 79.9. The molecule has 1 atom stereocenters. The number of aromatic nitrogens is 1. The van der Waals surface area contributed by atoms with Crippen molar-refractivity contribution < 1.29 is 8.42 Å². The highest BCUT2D eigenvalue weighted by Gasteiger charge is 2.30. The van der Waals surface area contributed by atoms with Crippen LogP contribution in [0.4, 0.5) is 5.82 Å². The second-order valence-electron chi connectivity index (χ2n) is 4.44. The number of hydrogen-bond donors (Lipinski definition) is 0. The molecule has 2 rings (SSSR count). The highest BCUT2D eigenvalue weighted by molar-refractivity contribution is 9.10. The molecule has 0 radical (unpaired) electrons. The van der Waals surface area contributed by atoms with Crippen molar-refractivity contribution >= 4 is 31.6 Å². The number of rotatable bonds is 1. The third kappa shape index (κ3) is 2.63. The van der Waals surface area contributed by atoms with Crippen LogP contribution in [-0.4, -0.2) is 37.5 Å². The van der Waals surface area contributed by atoms with Gasteiger partial charge >= 0.3 is 0 Å². The van der Waals surface area contributed by atoms with E-state index in [1.165, 1.54) is 0 Å². The highest BCUT2D eigenvalue weighted by Crippen LogP contribution is 2.27. The zero-order valence-corrected chi connectivity index (χ0v) is 12.3. The Balaban J connectivity index is 2.25. The molecule has 0 bridgehead atoms. The number of halogens is 1. The Morgan fingerprint density at radius 3 is 2.82 bits per heavy atom. The van der Waals surface area contributed by atoms with Crippen molar-refractivity contribution in [2.75, 3.05) is 23.7 Å². The number of hydrogen-bond acceptors (Lipinski definition) is 4. The lowest BCUT2D eigenvalue weighted by molar-refractivity contribution is 0.568. The van der Waals surface area contributed by atoms with Gasteiger partial charge < -0.3 is 4.90 Å². The SMILES string of the molecule is Cc1cnc(N2CCS(=O)(=O)C(C)C2)c(Br)c1. The second-order valence-corrected chi connectivity index (χ2v) is 7.83. The Labute approximate surface area is 110 Å². The van der Waals surface area contributed by atoms with Crippen molar-refractivity contribution in [3.63, 3.8) is 0 Å². The van der Waals surface area contributed by atoms with Crippen LogP contribution in [0.2, 0.25) is 0 Å². The number of nitrogens with zero attached hydrogens (tertiary/aromatic N) is 2. The number of anilines is 1. The molecule has 4 nitrogen and oxygen atoms in total. The summed E-state index contributed by atoms with van der Waals surface area (Å²) in [5.41, 5.74) is 1.08. The molecule has 1 aromatic rings. The Bertz CT molecular complexity index is 530. The van der Waals surface area contributed by atoms with E-state index in [9.17, 15) is 8.42 Å². The topological polar surface area (TPSA) is 50.3 Å². The van der Waals surface area contributed by atoms with Gasteiger partial charge in [0.25, 0.3) is 0 Å². The van der Waals surface area contributed by atoms with Crippen LogP contribution in [0.5, 0.6) is 0 Å². The zero-order chi connectivity index (χ0) is 12.6. The predicted molar refractivity (Wildman–Crippen MR) is 72.1 cm³/mol. The molecule has 1 aromatic heterocycles. The molecule has 1 fully saturated rings. The molecule has 0 aliphatic carbocycles. The minimum atomic E-state index is -2.91. The largest absolute Gasteiger partial charge is 0.353 e. The van der Waals surface area contributed by atoms with Gasteiger partial charge in [0.1, 0.15) is 5.82 Å². The van der Waals surface area contributed by atoms with Crippen LogP contribution in [0.3, 0.4) is 0 Å². The fourth-order valence-electron chi connectivity index (χ4n) is 1.91. The van der Waals surface area contributed by atoms with Gasteiger partial charge in [0.15, 0.2) is 9.84 Å². The first-order chi connectivity index (χ1) is 7.90. The van der Waals surface area contributed by atoms with Crippen LogP contribution < -0.4 is 4.90 Å². The van der Waals surface area contributed by atoms with Crippen LogP contribution >= 0.6 is 15.9 Å². The van der Waals surface area contributed by atoms with Crippen molar-refractivity contribution in [1.82, 2.24) is 4.98 Å². The average Bonchev–Trinajstić information content (AvgIpc) is 2.23. The Kier molecular flexibility index (Phi) is 3.45. The van der Waals surface area contributed by atoms with Crippen LogP contribution in [-0.2, 0) is 9.84 Å². The molecule has 0 N–H and O–H groups in total. The van der Waals surface area contributed by atoms with Gasteiger partial charge in [0, 0.05) is 19.3 Å². The van der Waals surface area contributed by atoms with E-state index in [-0.39, 0.29) is 11.0 Å². The van der Waals surface area contributed by atoms with E-state index in [1.54, 1.807) is 13.1 Å². The monoisotopic (exact) mass is 318 g/mol. The molecule has 1 saturated heterocycles. The van der Waals surface area contributed by atoms with Gasteiger partial charge in [-0.2, -0.15) is 0 Å². The molecule has 0 saturated carbocycles. The maximum atomic E-state index is 11.6. The van der Waals surface area contributed by atoms with Crippen molar-refractivity contribution in [3.05, 3.63) is 22.3 Å². The van der Waals surface area contributed by atoms with Crippen LogP contribution in [0.25, 0.3) is 0 Å². The van der Waals surface area contributed by atoms with Crippen LogP contribution in [0.15, 0.2) is 16.7 Å². The number of aryl methyl sites for hydroxylation is 1. The molecule has 1 aliphatic heterocycles. The van der Waals surface area contributed by atoms with Crippen molar-refractivity contribution in [1.29, 1.82) is 0 Å². The van der Waals surface area contributed by atoms with Gasteiger partial charge in [-0.05, 0) is 41.4 Å². The summed E-state index contributed by atoms with van der Waals surface area (Å²) in [5, 5.41) is -0.328. The minimum Gasteiger partial charge on any atom is -0.353 e. The third-order valence-corrected chi connectivity index (χ3v) is 5.70. The second kappa shape index (κ2) is 4.57. The van der Waals surface area contributed by atoms with E-state index < -0.39 is 9.84 Å². The lowest BCUT2D eigenvalue weighted by Gasteiger charge is -2.32. The maximum absolute atomic E-state index is 11.6. The summed E-state index contributed by atoms with van der Waals surface area (Å²) in [6.45, 7) is 4.76. The van der Waals surface area contributed by atoms with Gasteiger partial charge in [-0.1, -0.05) is 0 Å². The average molecular weight is 319 g/mol. The lowest BCUT2D eigenvalue weighted by Crippen LogP contribution is -2.46. The fourth-order valence-corrected chi connectivity index (χ4v) is 3.90. The van der Waals surface area contributed by atoms with Crippen molar-refractivity contribution in [2.45, 2.75) is 19.1 Å². The Hall–Kier alpha value is -0.620. The van der Waals surface area contributed by atoms with Gasteiger partial charge in [-0.15, -0.1) is 0 Å². The summed E-state index contributed by atoms with van der Waals surface area (Å²) in [6, 6.07) is 2.00. The van der Waals surface area contributed by atoms with E-state index >= 15 is 0 Å². The summed E-state index contributed by atoms with van der Waals surface area (Å²) >= 11 is 3.48. The normalized spacial score (nSPS) is 23.7. The first kappa shape index (κ1) is 12.8. The molecule has 6 heteroatoms. The summed E-state index contributed by atoms with van der Waals surface area (Å²) < 4.78 is 24.2. The number of pyridine rings is 1. The summed E-state index contributed by atoms with van der Waals surface area (Å²) in [4.78, 5) is 6.39. The smallest absolute Gasteiger partial charge is 0.156 e. The summed E-state index contributed by atoms with van der Waals surface area (Å²) in [5.74, 6) is 1.04. The Morgan fingerprint density at radius 1 is 1.53 bits per heavy atom. The molecular formula is C11H15BrN2O2S. The first-order valence-corrected chi connectivity index (χ1v) is 7.99. The van der Waals surface area contributed by atoms with Gasteiger partial charge in [0.2, 0.25) is 0 Å². The van der Waals surface area contributed by atoms with E-state index in [1.807, 2.05) is 17.9 Å². The zero-order valence-electron chi connectivity index (χ0n) is 9.85. The molecular weight excluding hydrogens is 304 g/mol. The van der Waals surface area contributed by atoms with Gasteiger partial charge in [-0.25, -0.2) is 13.4 Å². The number of sulfone groups is 1. The standard InChI is InChI=1S/C11H15BrN2O2S/c1-8-5-10(12)11(13-6-8)14-3-4-17(15,16)9(2)7-14/h5-6,9H,3-4,7H2,1-2H3. The molecule has 1 unspecified atom stereocenters. The van der Waals surface area contributed by atoms with E-state index in [4.69, 9.17) is 0 Å². The van der Waals surface area contributed by atoms with E-state index in [2.05, 4.69) is 20.9 Å². The summed E-state index contributed by atoms with van der Waals surface area (Å²) in [6.07, 6.45) is 1.80. The third-order valence-electron chi connectivity index (χ3n) is 2.99. The van der Waals surface area contributed by atoms with E-state index in [0.29, 0.717) is 13.1 Å². The molecule has 1 aliphatic rings. The van der Waals surface area contributed by atoms with Crippen molar-refractivity contribution in [3.8, 4) is 0 Å². The van der Waals surface area contributed by atoms with E-state index in [0.717, 1.165) is 15.9 Å². The van der Waals surface area contributed by atoms with Crippen LogP contribution in [0, 0.1) is 6.92 Å². The fraction of sp³-hybridized carbons (Fsp3) is 0.545. The molecule has 17 heavy (non-hydrogen) atoms. The lowest BCUT2D eigenvalue weighted by atomic mass is 10.3. The Morgan fingerprint density at radius 2 is 2.24 bits per heavy atom. The quantitative estimate of drug-likeness (QED) is 0.792. The summed E-state index contributed by atoms with van der Waals surface area (Å²) in [7, 11) is -2.91. The molecule has 0 aromatic carbocycles.